The number of halogens is 1. The van der Waals surface area contributed by atoms with Crippen LogP contribution in [-0.2, 0) is 9.53 Å². The van der Waals surface area contributed by atoms with Crippen LogP contribution < -0.4 is 5.32 Å². The Balaban J connectivity index is 1.98. The molecule has 2 rings (SSSR count). The number of hydrogen-bond donors (Lipinski definition) is 1. The SMILES string of the molecule is COCCCNC(=O)[C@H](C)n1nnc(-c2ccc(Cl)cc2)n1. The number of nitrogens with zero attached hydrogens (tertiary/aromatic N) is 4. The molecular formula is C14H18ClN5O2. The van der Waals surface area contributed by atoms with E-state index >= 15 is 0 Å². The molecule has 1 heterocycles. The van der Waals surface area contributed by atoms with Gasteiger partial charge in [0.05, 0.1) is 0 Å². The first kappa shape index (κ1) is 16.4. The Morgan fingerprint density at radius 2 is 2.14 bits per heavy atom. The van der Waals surface area contributed by atoms with Crippen molar-refractivity contribution in [2.45, 2.75) is 19.4 Å². The van der Waals surface area contributed by atoms with Crippen molar-refractivity contribution in [2.75, 3.05) is 20.3 Å². The second kappa shape index (κ2) is 7.86. The number of nitrogens with one attached hydrogen (secondary N) is 1. The van der Waals surface area contributed by atoms with Gasteiger partial charge >= 0.3 is 0 Å². The Morgan fingerprint density at radius 1 is 1.41 bits per heavy atom. The van der Waals surface area contributed by atoms with Crippen molar-refractivity contribution in [1.82, 2.24) is 25.5 Å². The number of aromatic nitrogens is 4. The number of carbonyl (C=O) groups excluding carboxylic acids is 1. The molecule has 1 N–H and O–H groups in total. The zero-order valence-electron chi connectivity index (χ0n) is 12.5. The number of carbonyl (C=O) groups is 1. The van der Waals surface area contributed by atoms with Gasteiger partial charge in [0.25, 0.3) is 0 Å². The highest BCUT2D eigenvalue weighted by atomic mass is 35.5. The number of tetrazole rings is 1. The second-order valence-electron chi connectivity index (χ2n) is 4.75. The van der Waals surface area contributed by atoms with E-state index in [2.05, 4.69) is 20.7 Å². The zero-order valence-corrected chi connectivity index (χ0v) is 13.2. The highest BCUT2D eigenvalue weighted by Gasteiger charge is 2.18. The molecule has 22 heavy (non-hydrogen) atoms. The lowest BCUT2D eigenvalue weighted by Gasteiger charge is -2.10. The van der Waals surface area contributed by atoms with E-state index in [4.69, 9.17) is 16.3 Å². The normalized spacial score (nSPS) is 12.1. The van der Waals surface area contributed by atoms with Gasteiger partial charge in [0.15, 0.2) is 0 Å². The second-order valence-corrected chi connectivity index (χ2v) is 5.19. The first-order valence-corrected chi connectivity index (χ1v) is 7.31. The maximum absolute atomic E-state index is 12.0. The molecule has 0 saturated carbocycles. The van der Waals surface area contributed by atoms with E-state index in [0.717, 1.165) is 12.0 Å². The molecule has 0 aliphatic heterocycles. The summed E-state index contributed by atoms with van der Waals surface area (Å²) in [6, 6.07) is 6.59. The molecule has 8 heteroatoms. The van der Waals surface area contributed by atoms with Gasteiger partial charge in [-0.1, -0.05) is 11.6 Å². The molecule has 2 aromatic rings. The Labute approximate surface area is 133 Å². The first-order chi connectivity index (χ1) is 10.6. The van der Waals surface area contributed by atoms with E-state index in [9.17, 15) is 4.79 Å². The summed E-state index contributed by atoms with van der Waals surface area (Å²) in [6.45, 7) is 2.88. The number of rotatable bonds is 7. The fraction of sp³-hybridized carbons (Fsp3) is 0.429. The van der Waals surface area contributed by atoms with Gasteiger partial charge in [0.1, 0.15) is 6.04 Å². The maximum atomic E-state index is 12.0. The lowest BCUT2D eigenvalue weighted by Crippen LogP contribution is -2.33. The predicted molar refractivity (Wildman–Crippen MR) is 82.5 cm³/mol. The third-order valence-corrected chi connectivity index (χ3v) is 3.33. The van der Waals surface area contributed by atoms with Crippen LogP contribution in [0.4, 0.5) is 0 Å². The van der Waals surface area contributed by atoms with Gasteiger partial charge in [-0.15, -0.1) is 10.2 Å². The minimum atomic E-state index is -0.531. The number of benzene rings is 1. The van der Waals surface area contributed by atoms with Gasteiger partial charge < -0.3 is 10.1 Å². The van der Waals surface area contributed by atoms with E-state index in [0.29, 0.717) is 24.0 Å². The van der Waals surface area contributed by atoms with Crippen molar-refractivity contribution in [3.8, 4) is 11.4 Å². The van der Waals surface area contributed by atoms with Gasteiger partial charge in [-0.05, 0) is 42.8 Å². The third kappa shape index (κ3) is 4.25. The Hall–Kier alpha value is -1.99. The fourth-order valence-corrected chi connectivity index (χ4v) is 1.91. The Kier molecular flexibility index (Phi) is 5.85. The van der Waals surface area contributed by atoms with Crippen LogP contribution in [0, 0.1) is 0 Å². The summed E-state index contributed by atoms with van der Waals surface area (Å²) >= 11 is 5.84. The molecule has 1 aromatic carbocycles. The van der Waals surface area contributed by atoms with E-state index in [1.807, 2.05) is 0 Å². The van der Waals surface area contributed by atoms with E-state index in [1.54, 1.807) is 38.3 Å². The van der Waals surface area contributed by atoms with Crippen LogP contribution in [0.25, 0.3) is 11.4 Å². The van der Waals surface area contributed by atoms with Crippen LogP contribution in [0.15, 0.2) is 24.3 Å². The maximum Gasteiger partial charge on any atom is 0.246 e. The van der Waals surface area contributed by atoms with E-state index in [1.165, 1.54) is 4.80 Å². The number of methoxy groups -OCH3 is 1. The Morgan fingerprint density at radius 3 is 2.82 bits per heavy atom. The van der Waals surface area contributed by atoms with Crippen molar-refractivity contribution in [3.63, 3.8) is 0 Å². The molecule has 0 bridgehead atoms. The highest BCUT2D eigenvalue weighted by molar-refractivity contribution is 6.30. The van der Waals surface area contributed by atoms with Crippen LogP contribution in [0.3, 0.4) is 0 Å². The molecule has 118 valence electrons. The zero-order chi connectivity index (χ0) is 15.9. The lowest BCUT2D eigenvalue weighted by atomic mass is 10.2. The molecule has 0 radical (unpaired) electrons. The average molecular weight is 324 g/mol. The summed E-state index contributed by atoms with van der Waals surface area (Å²) in [5.41, 5.74) is 0.795. The first-order valence-electron chi connectivity index (χ1n) is 6.94. The van der Waals surface area contributed by atoms with Gasteiger partial charge in [-0.2, -0.15) is 4.80 Å². The van der Waals surface area contributed by atoms with Gasteiger partial charge in [-0.25, -0.2) is 0 Å². The monoisotopic (exact) mass is 323 g/mol. The number of amides is 1. The lowest BCUT2D eigenvalue weighted by molar-refractivity contribution is -0.124. The van der Waals surface area contributed by atoms with Crippen molar-refractivity contribution in [2.24, 2.45) is 0 Å². The van der Waals surface area contributed by atoms with Crippen LogP contribution in [0.2, 0.25) is 5.02 Å². The number of hydrogen-bond acceptors (Lipinski definition) is 5. The van der Waals surface area contributed by atoms with Crippen molar-refractivity contribution in [1.29, 1.82) is 0 Å². The summed E-state index contributed by atoms with van der Waals surface area (Å²) in [5.74, 6) is 0.298. The third-order valence-electron chi connectivity index (χ3n) is 3.08. The average Bonchev–Trinajstić information content (AvgIpc) is 3.01. The van der Waals surface area contributed by atoms with Crippen molar-refractivity contribution >= 4 is 17.5 Å². The van der Waals surface area contributed by atoms with Gasteiger partial charge in [0.2, 0.25) is 11.7 Å². The van der Waals surface area contributed by atoms with Crippen LogP contribution in [0.1, 0.15) is 19.4 Å². The largest absolute Gasteiger partial charge is 0.385 e. The predicted octanol–water partition coefficient (Wildman–Crippen LogP) is 1.71. The molecule has 1 amide bonds. The molecule has 0 unspecified atom stereocenters. The summed E-state index contributed by atoms with van der Waals surface area (Å²) in [4.78, 5) is 13.3. The minimum Gasteiger partial charge on any atom is -0.385 e. The molecule has 0 saturated heterocycles. The van der Waals surface area contributed by atoms with E-state index < -0.39 is 6.04 Å². The molecule has 0 aliphatic rings. The Bertz CT molecular complexity index is 614. The molecule has 1 atom stereocenters. The standard InChI is InChI=1S/C14H18ClN5O2/c1-10(14(21)16-8-3-9-22-2)20-18-13(17-19-20)11-4-6-12(15)7-5-11/h4-7,10H,3,8-9H2,1-2H3,(H,16,21)/t10-/m0/s1. The molecule has 0 spiro atoms. The molecule has 0 fully saturated rings. The molecular weight excluding hydrogens is 306 g/mol. The summed E-state index contributed by atoms with van der Waals surface area (Å²) in [6.07, 6.45) is 0.760. The van der Waals surface area contributed by atoms with Crippen LogP contribution in [0.5, 0.6) is 0 Å². The quantitative estimate of drug-likeness (QED) is 0.784. The fourth-order valence-electron chi connectivity index (χ4n) is 1.78. The summed E-state index contributed by atoms with van der Waals surface area (Å²) < 4.78 is 4.93. The van der Waals surface area contributed by atoms with Crippen molar-refractivity contribution < 1.29 is 9.53 Å². The minimum absolute atomic E-state index is 0.156. The summed E-state index contributed by atoms with van der Waals surface area (Å²) in [7, 11) is 1.63. The van der Waals surface area contributed by atoms with Gasteiger partial charge in [0, 0.05) is 30.8 Å². The van der Waals surface area contributed by atoms with Crippen LogP contribution in [-0.4, -0.2) is 46.4 Å². The number of ether oxygens (including phenoxy) is 1. The van der Waals surface area contributed by atoms with Crippen LogP contribution >= 0.6 is 11.6 Å². The van der Waals surface area contributed by atoms with E-state index in [-0.39, 0.29) is 5.91 Å². The smallest absolute Gasteiger partial charge is 0.246 e. The van der Waals surface area contributed by atoms with Gasteiger partial charge in [-0.3, -0.25) is 4.79 Å². The topological polar surface area (TPSA) is 81.9 Å². The molecule has 7 nitrogen and oxygen atoms in total. The summed E-state index contributed by atoms with van der Waals surface area (Å²) in [5, 5.41) is 15.6. The highest BCUT2D eigenvalue weighted by Crippen LogP contribution is 2.17. The molecule has 0 aliphatic carbocycles. The molecule has 1 aromatic heterocycles. The van der Waals surface area contributed by atoms with Crippen molar-refractivity contribution in [3.05, 3.63) is 29.3 Å².